The number of benzene rings is 1. The molecule has 7 nitrogen and oxygen atoms in total. The molecule has 3 heterocycles. The molecule has 35 heavy (non-hydrogen) atoms. The summed E-state index contributed by atoms with van der Waals surface area (Å²) in [5.74, 6) is 1.08. The summed E-state index contributed by atoms with van der Waals surface area (Å²) in [5, 5.41) is 3.90. The van der Waals surface area contributed by atoms with E-state index in [9.17, 15) is 9.59 Å². The Balaban J connectivity index is 1.73. The molecule has 0 bridgehead atoms. The van der Waals surface area contributed by atoms with Crippen molar-refractivity contribution in [2.24, 2.45) is 5.92 Å². The van der Waals surface area contributed by atoms with Gasteiger partial charge < -0.3 is 24.3 Å². The van der Waals surface area contributed by atoms with Crippen LogP contribution in [0.15, 0.2) is 29.1 Å². The number of carbonyl (C=O) groups is 1. The van der Waals surface area contributed by atoms with E-state index in [1.54, 1.807) is 0 Å². The van der Waals surface area contributed by atoms with Crippen molar-refractivity contribution in [3.05, 3.63) is 62.7 Å². The number of H-pyrrole nitrogens is 1. The predicted octanol–water partition coefficient (Wildman–Crippen LogP) is 4.96. The molecule has 4 rings (SSSR count). The molecule has 0 spiro atoms. The highest BCUT2D eigenvalue weighted by atomic mass is 16.5. The molecule has 2 N–H and O–H groups in total. The minimum Gasteiger partial charge on any atom is -0.491 e. The van der Waals surface area contributed by atoms with Crippen LogP contribution in [-0.4, -0.2) is 34.8 Å². The maximum atomic E-state index is 13.5. The first kappa shape index (κ1) is 25.0. The summed E-state index contributed by atoms with van der Waals surface area (Å²) in [4.78, 5) is 28.8. The molecular weight excluding hydrogens is 442 g/mol. The van der Waals surface area contributed by atoms with Crippen LogP contribution in [0, 0.1) is 26.7 Å². The van der Waals surface area contributed by atoms with Gasteiger partial charge in [-0.1, -0.05) is 0 Å². The molecule has 1 amide bonds. The highest BCUT2D eigenvalue weighted by molar-refractivity contribution is 6.08. The van der Waals surface area contributed by atoms with Gasteiger partial charge in [0, 0.05) is 54.2 Å². The number of nitrogens with zero attached hydrogens (tertiary/aromatic N) is 1. The van der Waals surface area contributed by atoms with Gasteiger partial charge in [0.2, 0.25) is 0 Å². The molecule has 1 aromatic carbocycles. The maximum absolute atomic E-state index is 13.5. The number of hydrogen-bond acceptors (Lipinski definition) is 4. The maximum Gasteiger partial charge on any atom is 0.254 e. The molecule has 1 aliphatic rings. The first-order valence-corrected chi connectivity index (χ1v) is 12.5. The van der Waals surface area contributed by atoms with Crippen molar-refractivity contribution >= 4 is 16.8 Å². The number of carbonyl (C=O) groups excluding carboxylic acids is 1. The van der Waals surface area contributed by atoms with Crippen molar-refractivity contribution in [3.63, 3.8) is 0 Å². The molecule has 188 valence electrons. The van der Waals surface area contributed by atoms with Crippen molar-refractivity contribution in [2.45, 2.75) is 73.1 Å². The summed E-state index contributed by atoms with van der Waals surface area (Å²) >= 11 is 0. The van der Waals surface area contributed by atoms with E-state index in [2.05, 4.69) is 21.8 Å². The number of ether oxygens (including phenoxy) is 2. The average Bonchev–Trinajstić information content (AvgIpc) is 3.09. The van der Waals surface area contributed by atoms with Gasteiger partial charge in [-0.2, -0.15) is 0 Å². The van der Waals surface area contributed by atoms with Crippen molar-refractivity contribution in [3.8, 4) is 5.75 Å². The lowest BCUT2D eigenvalue weighted by Gasteiger charge is -2.30. The number of rotatable bonds is 7. The number of aryl methyl sites for hydroxylation is 2. The predicted molar refractivity (Wildman–Crippen MR) is 138 cm³/mol. The van der Waals surface area contributed by atoms with E-state index >= 15 is 0 Å². The number of fused-ring (bicyclic) bond motifs is 1. The Morgan fingerprint density at radius 1 is 1.17 bits per heavy atom. The largest absolute Gasteiger partial charge is 0.491 e. The fraction of sp³-hybridized carbons (Fsp3) is 0.500. The van der Waals surface area contributed by atoms with Crippen LogP contribution >= 0.6 is 0 Å². The van der Waals surface area contributed by atoms with Crippen molar-refractivity contribution in [1.29, 1.82) is 0 Å². The lowest BCUT2D eigenvalue weighted by Crippen LogP contribution is -2.28. The standard InChI is InChI=1S/C28H37N3O4/c1-16(2)35-22-7-8-23-25(14-22)31(19(5)21-9-11-34-12-10-21)20(6)26(23)28(33)29-15-24-17(3)13-18(4)30-27(24)32/h7-8,13-14,16,19,21H,9-12,15H2,1-6H3,(H,29,33)(H,30,32). The Morgan fingerprint density at radius 3 is 2.54 bits per heavy atom. The summed E-state index contributed by atoms with van der Waals surface area (Å²) < 4.78 is 13.9. The zero-order chi connectivity index (χ0) is 25.3. The molecule has 1 aliphatic heterocycles. The van der Waals surface area contributed by atoms with E-state index in [4.69, 9.17) is 9.47 Å². The van der Waals surface area contributed by atoms with Crippen LogP contribution in [0.25, 0.3) is 10.9 Å². The number of amides is 1. The monoisotopic (exact) mass is 479 g/mol. The van der Waals surface area contributed by atoms with Crippen molar-refractivity contribution < 1.29 is 14.3 Å². The van der Waals surface area contributed by atoms with E-state index in [1.165, 1.54) is 0 Å². The Bertz CT molecular complexity index is 1280. The zero-order valence-electron chi connectivity index (χ0n) is 21.7. The SMILES string of the molecule is Cc1cc(C)c(CNC(=O)c2c(C)n(C(C)C3CCOCC3)c3cc(OC(C)C)ccc23)c(=O)[nH]1. The minimum atomic E-state index is -0.178. The normalized spacial score (nSPS) is 15.5. The summed E-state index contributed by atoms with van der Waals surface area (Å²) in [5.41, 5.74) is 4.66. The second kappa shape index (κ2) is 10.3. The summed E-state index contributed by atoms with van der Waals surface area (Å²) in [6.07, 6.45) is 2.06. The third-order valence-corrected chi connectivity index (χ3v) is 7.10. The van der Waals surface area contributed by atoms with E-state index in [0.29, 0.717) is 17.0 Å². The molecule has 0 aliphatic carbocycles. The van der Waals surface area contributed by atoms with Crippen LogP contribution in [0.1, 0.15) is 72.5 Å². The Morgan fingerprint density at radius 2 is 1.89 bits per heavy atom. The molecule has 1 atom stereocenters. The van der Waals surface area contributed by atoms with Crippen LogP contribution in [0.5, 0.6) is 5.75 Å². The first-order chi connectivity index (χ1) is 16.7. The van der Waals surface area contributed by atoms with Gasteiger partial charge in [-0.15, -0.1) is 0 Å². The number of hydrogen-bond donors (Lipinski definition) is 2. The minimum absolute atomic E-state index is 0.0588. The summed E-state index contributed by atoms with van der Waals surface area (Å²) in [6, 6.07) is 8.08. The van der Waals surface area contributed by atoms with Crippen molar-refractivity contribution in [2.75, 3.05) is 13.2 Å². The van der Waals surface area contributed by atoms with E-state index in [1.807, 2.05) is 58.9 Å². The molecule has 2 aromatic heterocycles. The third kappa shape index (κ3) is 5.15. The lowest BCUT2D eigenvalue weighted by molar-refractivity contribution is 0.0516. The Kier molecular flexibility index (Phi) is 7.36. The summed E-state index contributed by atoms with van der Waals surface area (Å²) in [7, 11) is 0. The van der Waals surface area contributed by atoms with Gasteiger partial charge in [0.05, 0.1) is 17.2 Å². The number of pyridine rings is 1. The fourth-order valence-electron chi connectivity index (χ4n) is 5.34. The molecule has 1 saturated heterocycles. The average molecular weight is 480 g/mol. The first-order valence-electron chi connectivity index (χ1n) is 12.5. The molecular formula is C28H37N3O4. The van der Waals surface area contributed by atoms with Crippen LogP contribution in [-0.2, 0) is 11.3 Å². The van der Waals surface area contributed by atoms with Gasteiger partial charge in [0.1, 0.15) is 5.75 Å². The highest BCUT2D eigenvalue weighted by Crippen LogP contribution is 2.37. The van der Waals surface area contributed by atoms with Crippen molar-refractivity contribution in [1.82, 2.24) is 14.9 Å². The molecule has 7 heteroatoms. The number of aromatic nitrogens is 2. The number of nitrogens with one attached hydrogen (secondary N) is 2. The van der Waals surface area contributed by atoms with Gasteiger partial charge in [-0.3, -0.25) is 9.59 Å². The Labute approximate surface area is 206 Å². The lowest BCUT2D eigenvalue weighted by atomic mass is 9.92. The van der Waals surface area contributed by atoms with Crippen LogP contribution in [0.3, 0.4) is 0 Å². The number of aromatic amines is 1. The smallest absolute Gasteiger partial charge is 0.254 e. The van der Waals surface area contributed by atoms with Crippen LogP contribution in [0.2, 0.25) is 0 Å². The second-order valence-corrected chi connectivity index (χ2v) is 9.99. The van der Waals surface area contributed by atoms with Gasteiger partial charge in [-0.05, 0) is 84.1 Å². The van der Waals surface area contributed by atoms with E-state index in [0.717, 1.165) is 59.7 Å². The van der Waals surface area contributed by atoms with Gasteiger partial charge >= 0.3 is 0 Å². The third-order valence-electron chi connectivity index (χ3n) is 7.10. The highest BCUT2D eigenvalue weighted by Gasteiger charge is 2.28. The molecule has 3 aromatic rings. The van der Waals surface area contributed by atoms with Crippen LogP contribution in [0.4, 0.5) is 0 Å². The Hall–Kier alpha value is -3.06. The topological polar surface area (TPSA) is 85.3 Å². The summed E-state index contributed by atoms with van der Waals surface area (Å²) in [6.45, 7) is 13.7. The molecule has 0 radical (unpaired) electrons. The molecule has 1 fully saturated rings. The van der Waals surface area contributed by atoms with E-state index in [-0.39, 0.29) is 30.2 Å². The quantitative estimate of drug-likeness (QED) is 0.502. The van der Waals surface area contributed by atoms with E-state index < -0.39 is 0 Å². The van der Waals surface area contributed by atoms with Gasteiger partial charge in [0.25, 0.3) is 11.5 Å². The van der Waals surface area contributed by atoms with Gasteiger partial charge in [0.15, 0.2) is 0 Å². The fourth-order valence-corrected chi connectivity index (χ4v) is 5.34. The second-order valence-electron chi connectivity index (χ2n) is 9.99. The van der Waals surface area contributed by atoms with Gasteiger partial charge in [-0.25, -0.2) is 0 Å². The zero-order valence-corrected chi connectivity index (χ0v) is 21.7. The molecule has 0 saturated carbocycles. The molecule has 1 unspecified atom stereocenters. The van der Waals surface area contributed by atoms with Crippen LogP contribution < -0.4 is 15.6 Å².